The minimum Gasteiger partial charge on any atom is -0.481 e. The predicted molar refractivity (Wildman–Crippen MR) is 125 cm³/mol. The van der Waals surface area contributed by atoms with Crippen molar-refractivity contribution in [3.63, 3.8) is 0 Å². The first kappa shape index (κ1) is 21.5. The summed E-state index contributed by atoms with van der Waals surface area (Å²) >= 11 is 0. The van der Waals surface area contributed by atoms with Gasteiger partial charge in [-0.3, -0.25) is 9.69 Å². The third-order valence-corrected chi connectivity index (χ3v) is 5.78. The molecule has 5 nitrogen and oxygen atoms in total. The van der Waals surface area contributed by atoms with Crippen molar-refractivity contribution in [3.05, 3.63) is 120 Å². The molecule has 0 bridgehead atoms. The Morgan fingerprint density at radius 3 is 2.28 bits per heavy atom. The van der Waals surface area contributed by atoms with E-state index in [-0.39, 0.29) is 18.5 Å². The van der Waals surface area contributed by atoms with Crippen molar-refractivity contribution in [1.29, 1.82) is 0 Å². The van der Waals surface area contributed by atoms with Crippen LogP contribution in [0.3, 0.4) is 0 Å². The smallest absolute Gasteiger partial charge is 0.305 e. The molecule has 162 valence electrons. The van der Waals surface area contributed by atoms with Crippen LogP contribution < -0.4 is 0 Å². The Labute approximate surface area is 188 Å². The highest BCUT2D eigenvalue weighted by molar-refractivity contribution is 5.68. The summed E-state index contributed by atoms with van der Waals surface area (Å²) in [7, 11) is 0. The van der Waals surface area contributed by atoms with E-state index < -0.39 is 5.97 Å². The van der Waals surface area contributed by atoms with E-state index in [4.69, 9.17) is 0 Å². The molecule has 3 aromatic carbocycles. The van der Waals surface area contributed by atoms with E-state index in [2.05, 4.69) is 41.2 Å². The van der Waals surface area contributed by atoms with E-state index in [9.17, 15) is 9.90 Å². The number of benzene rings is 3. The first-order valence-corrected chi connectivity index (χ1v) is 10.8. The summed E-state index contributed by atoms with van der Waals surface area (Å²) in [6, 6.07) is 30.0. The molecular formula is C27H27N3O2. The lowest BCUT2D eigenvalue weighted by atomic mass is 9.96. The van der Waals surface area contributed by atoms with Crippen LogP contribution in [0.4, 0.5) is 0 Å². The van der Waals surface area contributed by atoms with Crippen LogP contribution in [0, 0.1) is 0 Å². The molecule has 0 spiro atoms. The molecule has 0 fully saturated rings. The van der Waals surface area contributed by atoms with Gasteiger partial charge >= 0.3 is 5.97 Å². The lowest BCUT2D eigenvalue weighted by Crippen LogP contribution is -2.32. The Hall–Kier alpha value is -3.70. The zero-order valence-corrected chi connectivity index (χ0v) is 18.1. The summed E-state index contributed by atoms with van der Waals surface area (Å²) in [6.07, 6.45) is 3.63. The summed E-state index contributed by atoms with van der Waals surface area (Å²) in [4.78, 5) is 14.2. The molecule has 0 aliphatic heterocycles. The van der Waals surface area contributed by atoms with Gasteiger partial charge in [0.25, 0.3) is 0 Å². The van der Waals surface area contributed by atoms with Gasteiger partial charge in [0.2, 0.25) is 0 Å². The lowest BCUT2D eigenvalue weighted by Gasteiger charge is -2.37. The van der Waals surface area contributed by atoms with E-state index in [1.807, 2.05) is 72.9 Å². The van der Waals surface area contributed by atoms with Gasteiger partial charge in [0.15, 0.2) is 0 Å². The number of hydrogen-bond acceptors (Lipinski definition) is 3. The van der Waals surface area contributed by atoms with Crippen LogP contribution in [0.25, 0.3) is 5.69 Å². The molecule has 0 amide bonds. The first-order valence-electron chi connectivity index (χ1n) is 10.8. The molecule has 5 heteroatoms. The number of nitrogens with zero attached hydrogens (tertiary/aromatic N) is 3. The van der Waals surface area contributed by atoms with E-state index in [1.54, 1.807) is 10.9 Å². The van der Waals surface area contributed by atoms with Crippen LogP contribution in [-0.4, -0.2) is 25.8 Å². The van der Waals surface area contributed by atoms with E-state index in [1.165, 1.54) is 0 Å². The fourth-order valence-electron chi connectivity index (χ4n) is 4.12. The number of aromatic nitrogens is 2. The van der Waals surface area contributed by atoms with E-state index in [0.29, 0.717) is 6.54 Å². The third-order valence-electron chi connectivity index (χ3n) is 5.78. The van der Waals surface area contributed by atoms with Gasteiger partial charge in [-0.2, -0.15) is 5.10 Å². The van der Waals surface area contributed by atoms with Crippen LogP contribution in [0.2, 0.25) is 0 Å². The van der Waals surface area contributed by atoms with Crippen molar-refractivity contribution in [2.45, 2.75) is 32.0 Å². The summed E-state index contributed by atoms with van der Waals surface area (Å²) in [5, 5.41) is 14.2. The lowest BCUT2D eigenvalue weighted by molar-refractivity contribution is -0.138. The molecule has 0 radical (unpaired) electrons. The number of carboxylic acids is 1. The van der Waals surface area contributed by atoms with Crippen LogP contribution in [0.15, 0.2) is 103 Å². The molecule has 1 aromatic heterocycles. The molecule has 4 aromatic rings. The fourth-order valence-corrected chi connectivity index (χ4v) is 4.12. The van der Waals surface area contributed by atoms with Gasteiger partial charge in [0.1, 0.15) is 0 Å². The van der Waals surface area contributed by atoms with Crippen molar-refractivity contribution >= 4 is 5.97 Å². The molecule has 4 rings (SSSR count). The van der Waals surface area contributed by atoms with Crippen molar-refractivity contribution in [2.75, 3.05) is 0 Å². The van der Waals surface area contributed by atoms with Crippen molar-refractivity contribution in [2.24, 2.45) is 0 Å². The largest absolute Gasteiger partial charge is 0.481 e. The summed E-state index contributed by atoms with van der Waals surface area (Å²) in [5.74, 6) is -0.821. The molecule has 1 N–H and O–H groups in total. The molecule has 0 aliphatic carbocycles. The Kier molecular flexibility index (Phi) is 6.78. The second-order valence-corrected chi connectivity index (χ2v) is 7.90. The maximum Gasteiger partial charge on any atom is 0.305 e. The number of rotatable bonds is 9. The van der Waals surface area contributed by atoms with E-state index >= 15 is 0 Å². The van der Waals surface area contributed by atoms with Crippen molar-refractivity contribution in [1.82, 2.24) is 14.7 Å². The standard InChI is InChI=1S/C27H27N3O2/c1-21(23-12-6-3-7-13-23)29(20-22-10-4-2-5-11-22)26(19-27(31)32)24-14-8-15-25(18-24)30-17-9-16-28-30/h2-18,21,26H,19-20H2,1H3,(H,31,32)/t21-,26+/m1/s1. The van der Waals surface area contributed by atoms with Crippen LogP contribution in [-0.2, 0) is 11.3 Å². The molecule has 32 heavy (non-hydrogen) atoms. The summed E-state index contributed by atoms with van der Waals surface area (Å²) in [5.41, 5.74) is 4.17. The quantitative estimate of drug-likeness (QED) is 0.376. The SMILES string of the molecule is C[C@H](c1ccccc1)N(Cc1ccccc1)[C@@H](CC(=O)O)c1cccc(-n2cccn2)c1. The maximum atomic E-state index is 12.0. The molecule has 1 heterocycles. The average Bonchev–Trinajstić information content (AvgIpc) is 3.37. The van der Waals surface area contributed by atoms with Gasteiger partial charge < -0.3 is 5.11 Å². The van der Waals surface area contributed by atoms with Gasteiger partial charge in [0.05, 0.1) is 12.1 Å². The highest BCUT2D eigenvalue weighted by atomic mass is 16.4. The molecule has 0 saturated heterocycles. The normalized spacial score (nSPS) is 13.1. The second kappa shape index (κ2) is 10.1. The first-order chi connectivity index (χ1) is 15.6. The Morgan fingerprint density at radius 2 is 1.62 bits per heavy atom. The predicted octanol–water partition coefficient (Wildman–Crippen LogP) is 5.65. The molecule has 0 aliphatic rings. The summed E-state index contributed by atoms with van der Waals surface area (Å²) in [6.45, 7) is 2.78. The van der Waals surface area contributed by atoms with Crippen LogP contribution in [0.5, 0.6) is 0 Å². The third kappa shape index (κ3) is 5.13. The highest BCUT2D eigenvalue weighted by Gasteiger charge is 2.28. The highest BCUT2D eigenvalue weighted by Crippen LogP contribution is 2.35. The molecular weight excluding hydrogens is 398 g/mol. The zero-order chi connectivity index (χ0) is 22.3. The van der Waals surface area contributed by atoms with Crippen molar-refractivity contribution in [3.8, 4) is 5.69 Å². The topological polar surface area (TPSA) is 58.4 Å². The molecule has 0 unspecified atom stereocenters. The average molecular weight is 426 g/mol. The minimum absolute atomic E-state index is 0.00652. The van der Waals surface area contributed by atoms with Gasteiger partial charge in [-0.05, 0) is 41.8 Å². The Balaban J connectivity index is 1.77. The van der Waals surface area contributed by atoms with Crippen molar-refractivity contribution < 1.29 is 9.90 Å². The second-order valence-electron chi connectivity index (χ2n) is 7.90. The van der Waals surface area contributed by atoms with Gasteiger partial charge in [-0.1, -0.05) is 72.8 Å². The fraction of sp³-hybridized carbons (Fsp3) is 0.185. The molecule has 0 saturated carbocycles. The molecule has 2 atom stereocenters. The van der Waals surface area contributed by atoms with E-state index in [0.717, 1.165) is 22.4 Å². The maximum absolute atomic E-state index is 12.0. The van der Waals surface area contributed by atoms with Crippen LogP contribution in [0.1, 0.15) is 42.1 Å². The number of carbonyl (C=O) groups is 1. The number of aliphatic carboxylic acids is 1. The number of carboxylic acid groups (broad SMARTS) is 1. The summed E-state index contributed by atoms with van der Waals surface area (Å²) < 4.78 is 1.80. The number of hydrogen-bond donors (Lipinski definition) is 1. The van der Waals surface area contributed by atoms with Gasteiger partial charge in [0, 0.05) is 31.0 Å². The minimum atomic E-state index is -0.821. The monoisotopic (exact) mass is 425 g/mol. The van der Waals surface area contributed by atoms with Gasteiger partial charge in [-0.25, -0.2) is 4.68 Å². The Bertz CT molecular complexity index is 1130. The van der Waals surface area contributed by atoms with Crippen LogP contribution >= 0.6 is 0 Å². The van der Waals surface area contributed by atoms with Gasteiger partial charge in [-0.15, -0.1) is 0 Å². The zero-order valence-electron chi connectivity index (χ0n) is 18.1. The Morgan fingerprint density at radius 1 is 0.938 bits per heavy atom.